The van der Waals surface area contributed by atoms with Crippen LogP contribution in [0, 0.1) is 0 Å². The van der Waals surface area contributed by atoms with Crippen molar-refractivity contribution in [1.82, 2.24) is 0 Å². The quantitative estimate of drug-likeness (QED) is 0.212. The number of hydrogen-bond donors (Lipinski definition) is 0. The van der Waals surface area contributed by atoms with Crippen molar-refractivity contribution in [3.05, 3.63) is 24.3 Å². The van der Waals surface area contributed by atoms with E-state index in [1.165, 1.54) is 12.2 Å². The smallest absolute Gasteiger partial charge is 0.422 e. The molecule has 0 atom stereocenters. The van der Waals surface area contributed by atoms with Crippen LogP contribution in [0.25, 0.3) is 0 Å². The molecule has 0 aromatic carbocycles. The summed E-state index contributed by atoms with van der Waals surface area (Å²) in [5.41, 5.74) is 0. The van der Waals surface area contributed by atoms with Gasteiger partial charge in [-0.15, -0.1) is 0 Å². The monoisotopic (exact) mass is 374 g/mol. The molecule has 0 saturated carbocycles. The third-order valence-electron chi connectivity index (χ3n) is 2.88. The summed E-state index contributed by atoms with van der Waals surface area (Å²) in [6.07, 6.45) is 4.79. The molecule has 0 saturated heterocycles. The van der Waals surface area contributed by atoms with E-state index in [1.807, 2.05) is 20.8 Å². The van der Waals surface area contributed by atoms with Crippen molar-refractivity contribution < 1.29 is 32.3 Å². The van der Waals surface area contributed by atoms with E-state index in [0.29, 0.717) is 25.9 Å². The zero-order chi connectivity index (χ0) is 19.1. The summed E-state index contributed by atoms with van der Waals surface area (Å²) >= 11 is 0. The largest absolute Gasteiger partial charge is 0.501 e. The molecule has 0 aliphatic heterocycles. The van der Waals surface area contributed by atoms with Gasteiger partial charge in [0.25, 0.3) is 0 Å². The van der Waals surface area contributed by atoms with Gasteiger partial charge in [0.1, 0.15) is 0 Å². The fraction of sp³-hybridized carbons (Fsp3) is 0.647. The van der Waals surface area contributed by atoms with Crippen LogP contribution in [-0.2, 0) is 32.3 Å². The number of carbonyl (C=O) groups excluding carboxylic acids is 2. The highest BCUT2D eigenvalue weighted by Gasteiger charge is 2.41. The maximum Gasteiger partial charge on any atom is 0.501 e. The third-order valence-corrected chi connectivity index (χ3v) is 5.97. The predicted octanol–water partition coefficient (Wildman–Crippen LogP) is 2.99. The summed E-state index contributed by atoms with van der Waals surface area (Å²) < 4.78 is 27.6. The van der Waals surface area contributed by atoms with Gasteiger partial charge in [0.2, 0.25) is 6.29 Å². The molecular formula is C17H30O7Si. The normalized spacial score (nSPS) is 13.3. The molecule has 0 bridgehead atoms. The van der Waals surface area contributed by atoms with Crippen molar-refractivity contribution in [2.45, 2.75) is 53.4 Å². The molecule has 0 fully saturated rings. The first-order valence-corrected chi connectivity index (χ1v) is 10.5. The Morgan fingerprint density at radius 1 is 0.840 bits per heavy atom. The summed E-state index contributed by atoms with van der Waals surface area (Å²) in [7, 11) is -2.92. The van der Waals surface area contributed by atoms with E-state index in [9.17, 15) is 9.59 Å². The SMILES string of the molecule is CC=CC(=O)OC(CC[Si](OCC)(OCC)OCC)OC(=O)C=CC. The lowest BCUT2D eigenvalue weighted by atomic mass is 10.4. The molecular weight excluding hydrogens is 344 g/mol. The second-order valence-electron chi connectivity index (χ2n) is 4.82. The Morgan fingerprint density at radius 2 is 1.24 bits per heavy atom. The van der Waals surface area contributed by atoms with Gasteiger partial charge in [-0.1, -0.05) is 12.2 Å². The van der Waals surface area contributed by atoms with E-state index in [1.54, 1.807) is 26.0 Å². The van der Waals surface area contributed by atoms with Crippen molar-refractivity contribution in [3.63, 3.8) is 0 Å². The first-order chi connectivity index (χ1) is 12.0. The van der Waals surface area contributed by atoms with Gasteiger partial charge in [-0.25, -0.2) is 9.59 Å². The van der Waals surface area contributed by atoms with Crippen molar-refractivity contribution in [1.29, 1.82) is 0 Å². The molecule has 0 radical (unpaired) electrons. The molecule has 0 aromatic heterocycles. The Labute approximate surface area is 151 Å². The second kappa shape index (κ2) is 13.8. The molecule has 8 heteroatoms. The van der Waals surface area contributed by atoms with Gasteiger partial charge in [-0.2, -0.15) is 0 Å². The minimum atomic E-state index is -2.92. The van der Waals surface area contributed by atoms with E-state index in [-0.39, 0.29) is 6.42 Å². The van der Waals surface area contributed by atoms with E-state index in [2.05, 4.69) is 0 Å². The highest BCUT2D eigenvalue weighted by Crippen LogP contribution is 2.21. The first kappa shape index (κ1) is 23.5. The molecule has 0 rings (SSSR count). The number of allylic oxidation sites excluding steroid dienone is 2. The van der Waals surface area contributed by atoms with Crippen LogP contribution in [0.4, 0.5) is 0 Å². The molecule has 0 N–H and O–H groups in total. The minimum Gasteiger partial charge on any atom is -0.422 e. The van der Waals surface area contributed by atoms with Crippen LogP contribution in [0.1, 0.15) is 41.0 Å². The van der Waals surface area contributed by atoms with Crippen molar-refractivity contribution >= 4 is 20.7 Å². The number of esters is 2. The first-order valence-electron chi connectivity index (χ1n) is 8.55. The molecule has 0 unspecified atom stereocenters. The van der Waals surface area contributed by atoms with Crippen LogP contribution in [-0.4, -0.2) is 46.9 Å². The Morgan fingerprint density at radius 3 is 1.56 bits per heavy atom. The lowest BCUT2D eigenvalue weighted by Gasteiger charge is -2.29. The lowest BCUT2D eigenvalue weighted by Crippen LogP contribution is -2.46. The van der Waals surface area contributed by atoms with Crippen LogP contribution >= 0.6 is 0 Å². The van der Waals surface area contributed by atoms with E-state index < -0.39 is 27.0 Å². The van der Waals surface area contributed by atoms with Crippen LogP contribution in [0.3, 0.4) is 0 Å². The molecule has 0 aromatic rings. The number of ether oxygens (including phenoxy) is 2. The molecule has 0 aliphatic carbocycles. The Bertz CT molecular complexity index is 405. The van der Waals surface area contributed by atoms with Gasteiger partial charge in [0.15, 0.2) is 0 Å². The van der Waals surface area contributed by atoms with Gasteiger partial charge in [0, 0.05) is 44.4 Å². The summed E-state index contributed by atoms with van der Waals surface area (Å²) in [4.78, 5) is 23.4. The van der Waals surface area contributed by atoms with Crippen LogP contribution in [0.5, 0.6) is 0 Å². The molecule has 0 heterocycles. The molecule has 0 spiro atoms. The van der Waals surface area contributed by atoms with Crippen molar-refractivity contribution in [3.8, 4) is 0 Å². The maximum atomic E-state index is 11.7. The average Bonchev–Trinajstić information content (AvgIpc) is 2.54. The number of hydrogen-bond acceptors (Lipinski definition) is 7. The van der Waals surface area contributed by atoms with E-state index in [4.69, 9.17) is 22.8 Å². The average molecular weight is 375 g/mol. The Kier molecular flexibility index (Phi) is 13.0. The van der Waals surface area contributed by atoms with Crippen molar-refractivity contribution in [2.75, 3.05) is 19.8 Å². The van der Waals surface area contributed by atoms with Gasteiger partial charge in [0.05, 0.1) is 0 Å². The molecule has 7 nitrogen and oxygen atoms in total. The topological polar surface area (TPSA) is 80.3 Å². The second-order valence-corrected chi connectivity index (χ2v) is 7.56. The zero-order valence-electron chi connectivity index (χ0n) is 15.8. The summed E-state index contributed by atoms with van der Waals surface area (Å²) in [5.74, 6) is -1.17. The van der Waals surface area contributed by atoms with Gasteiger partial charge in [-0.05, 0) is 34.6 Å². The fourth-order valence-electron chi connectivity index (χ4n) is 2.05. The highest BCUT2D eigenvalue weighted by atomic mass is 28.4. The predicted molar refractivity (Wildman–Crippen MR) is 95.7 cm³/mol. The lowest BCUT2D eigenvalue weighted by molar-refractivity contribution is -0.181. The minimum absolute atomic E-state index is 0.221. The third kappa shape index (κ3) is 10.2. The van der Waals surface area contributed by atoms with E-state index >= 15 is 0 Å². The van der Waals surface area contributed by atoms with Gasteiger partial charge in [-0.3, -0.25) is 0 Å². The maximum absolute atomic E-state index is 11.7. The summed E-state index contributed by atoms with van der Waals surface area (Å²) in [6, 6.07) is 0.361. The Balaban J connectivity index is 5.09. The van der Waals surface area contributed by atoms with Crippen molar-refractivity contribution in [2.24, 2.45) is 0 Å². The van der Waals surface area contributed by atoms with Gasteiger partial charge >= 0.3 is 20.7 Å². The molecule has 25 heavy (non-hydrogen) atoms. The van der Waals surface area contributed by atoms with Crippen LogP contribution in [0.2, 0.25) is 6.04 Å². The molecule has 0 aliphatic rings. The number of carbonyl (C=O) groups is 2. The highest BCUT2D eigenvalue weighted by molar-refractivity contribution is 6.60. The van der Waals surface area contributed by atoms with Crippen LogP contribution < -0.4 is 0 Å². The molecule has 144 valence electrons. The standard InChI is InChI=1S/C17H30O7Si/c1-6-11-15(18)23-17(24-16(19)12-7-2)13-14-25(20-8-3,21-9-4)22-10-5/h6-7,11-12,17H,8-10,13-14H2,1-5H3. The summed E-state index contributed by atoms with van der Waals surface area (Å²) in [6.45, 7) is 10.3. The fourth-order valence-corrected chi connectivity index (χ4v) is 4.64. The zero-order valence-corrected chi connectivity index (χ0v) is 16.8. The Hall–Kier alpha value is -1.48. The summed E-state index contributed by atoms with van der Waals surface area (Å²) in [5, 5.41) is 0. The number of rotatable bonds is 13. The van der Waals surface area contributed by atoms with E-state index in [0.717, 1.165) is 0 Å². The molecule has 0 amide bonds. The van der Waals surface area contributed by atoms with Crippen LogP contribution in [0.15, 0.2) is 24.3 Å². The van der Waals surface area contributed by atoms with Gasteiger partial charge < -0.3 is 22.8 Å².